The predicted molar refractivity (Wildman–Crippen MR) is 133 cm³/mol. The first-order valence-corrected chi connectivity index (χ1v) is 11.4. The van der Waals surface area contributed by atoms with Crippen LogP contribution < -0.4 is 9.47 Å². The van der Waals surface area contributed by atoms with E-state index in [1.165, 1.54) is 0 Å². The lowest BCUT2D eigenvalue weighted by Crippen LogP contribution is -2.37. The molecule has 1 heterocycles. The molecule has 0 unspecified atom stereocenters. The largest absolute Gasteiger partial charge is 0.487 e. The van der Waals surface area contributed by atoms with Crippen LogP contribution in [0.25, 0.3) is 11.5 Å². The number of aromatic nitrogens is 1. The number of nitrogens with zero attached hydrogens (tertiary/aromatic N) is 2. The van der Waals surface area contributed by atoms with Crippen LogP contribution >= 0.6 is 0 Å². The molecule has 1 aromatic heterocycles. The molecule has 0 atom stereocenters. The topological polar surface area (TPSA) is 102 Å². The van der Waals surface area contributed by atoms with E-state index in [-0.39, 0.29) is 13.2 Å². The van der Waals surface area contributed by atoms with E-state index in [0.717, 1.165) is 16.0 Å². The fraction of sp³-hybridized carbons (Fsp3) is 0.179. The highest BCUT2D eigenvalue weighted by Gasteiger charge is 2.20. The second kappa shape index (κ2) is 11.2. The van der Waals surface area contributed by atoms with Crippen molar-refractivity contribution >= 4 is 12.1 Å². The predicted octanol–water partition coefficient (Wildman–Crippen LogP) is 5.62. The Hall–Kier alpha value is -4.59. The van der Waals surface area contributed by atoms with Crippen LogP contribution in [0.4, 0.5) is 4.79 Å². The van der Waals surface area contributed by atoms with Crippen molar-refractivity contribution in [2.24, 2.45) is 0 Å². The number of hydrogen-bond acceptors (Lipinski definition) is 6. The zero-order chi connectivity index (χ0) is 25.5. The molecule has 8 nitrogen and oxygen atoms in total. The maximum Gasteiger partial charge on any atom is 0.416 e. The Labute approximate surface area is 208 Å². The molecule has 0 aliphatic rings. The van der Waals surface area contributed by atoms with Gasteiger partial charge < -0.3 is 19.0 Å². The van der Waals surface area contributed by atoms with Gasteiger partial charge in [0.25, 0.3) is 0 Å². The summed E-state index contributed by atoms with van der Waals surface area (Å²) in [6, 6.07) is 23.6. The standard InChI is InChI=1S/C28H26N2O6/c1-19-11-13-23(14-12-19)36-28(33)30(17-26(31)32)16-21-7-6-10-24(15-21)34-18-25-20(2)35-27(29-25)22-8-4-3-5-9-22/h3-15H,16-18H2,1-2H3,(H,31,32). The van der Waals surface area contributed by atoms with Gasteiger partial charge >= 0.3 is 12.1 Å². The van der Waals surface area contributed by atoms with Gasteiger partial charge in [0.15, 0.2) is 0 Å². The first-order valence-electron chi connectivity index (χ1n) is 11.4. The molecular weight excluding hydrogens is 460 g/mol. The summed E-state index contributed by atoms with van der Waals surface area (Å²) in [6.45, 7) is 3.48. The van der Waals surface area contributed by atoms with Crippen LogP contribution in [-0.4, -0.2) is 33.6 Å². The van der Waals surface area contributed by atoms with Crippen molar-refractivity contribution in [1.29, 1.82) is 0 Å². The molecule has 1 amide bonds. The van der Waals surface area contributed by atoms with Gasteiger partial charge in [0.2, 0.25) is 5.89 Å². The molecule has 36 heavy (non-hydrogen) atoms. The third-order valence-electron chi connectivity index (χ3n) is 5.37. The van der Waals surface area contributed by atoms with Crippen LogP contribution in [0, 0.1) is 13.8 Å². The molecule has 0 fully saturated rings. The summed E-state index contributed by atoms with van der Waals surface area (Å²) in [4.78, 5) is 29.7. The van der Waals surface area contributed by atoms with Gasteiger partial charge in [-0.2, -0.15) is 0 Å². The molecular formula is C28H26N2O6. The number of carboxylic acid groups (broad SMARTS) is 1. The summed E-state index contributed by atoms with van der Waals surface area (Å²) in [6.07, 6.45) is -0.751. The molecule has 1 N–H and O–H groups in total. The lowest BCUT2D eigenvalue weighted by Gasteiger charge is -2.20. The van der Waals surface area contributed by atoms with Crippen LogP contribution in [0.1, 0.15) is 22.6 Å². The molecule has 4 aromatic rings. The molecule has 0 aliphatic carbocycles. The van der Waals surface area contributed by atoms with E-state index in [9.17, 15) is 14.7 Å². The van der Waals surface area contributed by atoms with Crippen LogP contribution in [0.5, 0.6) is 11.5 Å². The molecule has 0 aliphatic heterocycles. The minimum atomic E-state index is -1.14. The van der Waals surface area contributed by atoms with Gasteiger partial charge in [0.05, 0.1) is 0 Å². The molecule has 3 aromatic carbocycles. The van der Waals surface area contributed by atoms with E-state index in [2.05, 4.69) is 4.98 Å². The highest BCUT2D eigenvalue weighted by molar-refractivity contribution is 5.78. The first-order chi connectivity index (χ1) is 17.4. The fourth-order valence-corrected chi connectivity index (χ4v) is 3.49. The van der Waals surface area contributed by atoms with Crippen molar-refractivity contribution in [3.8, 4) is 23.0 Å². The number of carbonyl (C=O) groups is 2. The molecule has 0 saturated carbocycles. The number of aryl methyl sites for hydroxylation is 2. The van der Waals surface area contributed by atoms with Crippen molar-refractivity contribution in [1.82, 2.24) is 9.88 Å². The van der Waals surface area contributed by atoms with Gasteiger partial charge in [-0.1, -0.05) is 48.0 Å². The summed E-state index contributed by atoms with van der Waals surface area (Å²) in [5.41, 5.74) is 3.26. The van der Waals surface area contributed by atoms with Crippen molar-refractivity contribution in [2.75, 3.05) is 6.54 Å². The monoisotopic (exact) mass is 486 g/mol. The Morgan fingerprint density at radius 1 is 0.944 bits per heavy atom. The summed E-state index contributed by atoms with van der Waals surface area (Å²) < 4.78 is 17.1. The first kappa shape index (κ1) is 24.5. The van der Waals surface area contributed by atoms with E-state index in [1.54, 1.807) is 36.4 Å². The normalized spacial score (nSPS) is 10.6. The number of amides is 1. The summed E-state index contributed by atoms with van der Waals surface area (Å²) in [5, 5.41) is 9.30. The molecule has 0 spiro atoms. The SMILES string of the molecule is Cc1ccc(OC(=O)N(CC(=O)O)Cc2cccc(OCc3nc(-c4ccccc4)oc3C)c2)cc1. The lowest BCUT2D eigenvalue weighted by molar-refractivity contribution is -0.138. The Kier molecular flexibility index (Phi) is 7.65. The number of oxazole rings is 1. The lowest BCUT2D eigenvalue weighted by atomic mass is 10.2. The number of ether oxygens (including phenoxy) is 2. The molecule has 0 radical (unpaired) electrons. The van der Waals surface area contributed by atoms with E-state index >= 15 is 0 Å². The van der Waals surface area contributed by atoms with Crippen LogP contribution in [0.3, 0.4) is 0 Å². The van der Waals surface area contributed by atoms with Gasteiger partial charge in [-0.05, 0) is 55.8 Å². The fourth-order valence-electron chi connectivity index (χ4n) is 3.49. The number of carbonyl (C=O) groups excluding carboxylic acids is 1. The maximum atomic E-state index is 12.7. The highest BCUT2D eigenvalue weighted by atomic mass is 16.6. The molecule has 4 rings (SSSR count). The minimum Gasteiger partial charge on any atom is -0.487 e. The third kappa shape index (κ3) is 6.50. The quantitative estimate of drug-likeness (QED) is 0.327. The van der Waals surface area contributed by atoms with Gasteiger partial charge in [-0.3, -0.25) is 9.69 Å². The maximum absolute atomic E-state index is 12.7. The van der Waals surface area contributed by atoms with Crippen molar-refractivity contribution in [3.05, 3.63) is 101 Å². The molecule has 0 saturated heterocycles. The van der Waals surface area contributed by atoms with Crippen LogP contribution in [-0.2, 0) is 17.9 Å². The zero-order valence-corrected chi connectivity index (χ0v) is 20.0. The number of hydrogen-bond donors (Lipinski definition) is 1. The highest BCUT2D eigenvalue weighted by Crippen LogP contribution is 2.23. The van der Waals surface area contributed by atoms with Crippen LogP contribution in [0.15, 0.2) is 83.3 Å². The summed E-state index contributed by atoms with van der Waals surface area (Å²) >= 11 is 0. The number of benzene rings is 3. The van der Waals surface area contributed by atoms with Gasteiger partial charge in [-0.25, -0.2) is 9.78 Å². The van der Waals surface area contributed by atoms with E-state index < -0.39 is 18.6 Å². The Morgan fingerprint density at radius 2 is 1.69 bits per heavy atom. The average Bonchev–Trinajstić information content (AvgIpc) is 3.24. The van der Waals surface area contributed by atoms with Gasteiger partial charge in [0, 0.05) is 12.1 Å². The van der Waals surface area contributed by atoms with Gasteiger partial charge in [-0.15, -0.1) is 0 Å². The number of rotatable bonds is 9. The Morgan fingerprint density at radius 3 is 2.42 bits per heavy atom. The van der Waals surface area contributed by atoms with Crippen LogP contribution in [0.2, 0.25) is 0 Å². The Bertz CT molecular complexity index is 1330. The van der Waals surface area contributed by atoms with Gasteiger partial charge in [0.1, 0.15) is 36.1 Å². The molecule has 8 heteroatoms. The Balaban J connectivity index is 1.42. The van der Waals surface area contributed by atoms with Crippen molar-refractivity contribution in [2.45, 2.75) is 27.0 Å². The summed E-state index contributed by atoms with van der Waals surface area (Å²) in [5.74, 6) is 0.946. The summed E-state index contributed by atoms with van der Waals surface area (Å²) in [7, 11) is 0. The average molecular weight is 487 g/mol. The minimum absolute atomic E-state index is 0.0370. The van der Waals surface area contributed by atoms with E-state index in [4.69, 9.17) is 13.9 Å². The van der Waals surface area contributed by atoms with Crippen molar-refractivity contribution < 1.29 is 28.6 Å². The van der Waals surface area contributed by atoms with E-state index in [0.29, 0.717) is 34.4 Å². The third-order valence-corrected chi connectivity index (χ3v) is 5.37. The second-order valence-corrected chi connectivity index (χ2v) is 8.25. The molecule has 0 bridgehead atoms. The van der Waals surface area contributed by atoms with E-state index in [1.807, 2.05) is 56.3 Å². The number of aliphatic carboxylic acids is 1. The molecule has 184 valence electrons. The zero-order valence-electron chi connectivity index (χ0n) is 20.0. The second-order valence-electron chi connectivity index (χ2n) is 8.25. The smallest absolute Gasteiger partial charge is 0.416 e. The van der Waals surface area contributed by atoms with Crippen molar-refractivity contribution in [3.63, 3.8) is 0 Å². The number of carboxylic acids is 1.